The van der Waals surface area contributed by atoms with Gasteiger partial charge in [0.2, 0.25) is 0 Å². The maximum atomic E-state index is 13.0. The lowest BCUT2D eigenvalue weighted by Gasteiger charge is -2.32. The van der Waals surface area contributed by atoms with E-state index in [2.05, 4.69) is 21.3 Å². The second kappa shape index (κ2) is 10.8. The van der Waals surface area contributed by atoms with Gasteiger partial charge in [-0.15, -0.1) is 12.4 Å². The predicted octanol–water partition coefficient (Wildman–Crippen LogP) is 4.06. The van der Waals surface area contributed by atoms with E-state index in [-0.39, 0.29) is 30.1 Å². The number of halogens is 1. The van der Waals surface area contributed by atoms with E-state index in [1.165, 1.54) is 5.56 Å². The van der Waals surface area contributed by atoms with Crippen LogP contribution < -0.4 is 14.8 Å². The minimum atomic E-state index is -0.0804. The zero-order valence-corrected chi connectivity index (χ0v) is 20.1. The number of nitrogens with one attached hydrogen (secondary N) is 2. The highest BCUT2D eigenvalue weighted by Crippen LogP contribution is 2.28. The third-order valence-corrected chi connectivity index (χ3v) is 6.28. The summed E-state index contributed by atoms with van der Waals surface area (Å²) >= 11 is 0. The third-order valence-electron chi connectivity index (χ3n) is 6.28. The maximum Gasteiger partial charge on any atom is 0.253 e. The molecule has 33 heavy (non-hydrogen) atoms. The van der Waals surface area contributed by atoms with Crippen LogP contribution in [0.1, 0.15) is 34.5 Å². The van der Waals surface area contributed by atoms with Crippen molar-refractivity contribution in [3.63, 3.8) is 0 Å². The first-order valence-corrected chi connectivity index (χ1v) is 11.0. The van der Waals surface area contributed by atoms with Crippen LogP contribution in [0.2, 0.25) is 0 Å². The summed E-state index contributed by atoms with van der Waals surface area (Å²) in [7, 11) is 3.30. The van der Waals surface area contributed by atoms with Gasteiger partial charge in [0, 0.05) is 42.3 Å². The molecule has 0 aliphatic carbocycles. The van der Waals surface area contributed by atoms with E-state index in [1.54, 1.807) is 32.4 Å². The van der Waals surface area contributed by atoms with E-state index >= 15 is 0 Å². The van der Waals surface area contributed by atoms with Crippen molar-refractivity contribution in [3.8, 4) is 17.2 Å². The van der Waals surface area contributed by atoms with Gasteiger partial charge in [-0.05, 0) is 62.1 Å². The number of nitrogens with zero attached hydrogens (tertiary/aromatic N) is 1. The zero-order valence-electron chi connectivity index (χ0n) is 19.3. The van der Waals surface area contributed by atoms with E-state index in [4.69, 9.17) is 9.47 Å². The minimum absolute atomic E-state index is 0. The normalized spacial score (nSPS) is 14.6. The van der Waals surface area contributed by atoms with Gasteiger partial charge in [0.1, 0.15) is 5.75 Å². The van der Waals surface area contributed by atoms with Crippen molar-refractivity contribution in [1.29, 1.82) is 0 Å². The molecule has 1 aliphatic rings. The van der Waals surface area contributed by atoms with Gasteiger partial charge < -0.3 is 29.8 Å². The summed E-state index contributed by atoms with van der Waals surface area (Å²) in [5.41, 5.74) is 3.51. The molecule has 8 heteroatoms. The molecule has 3 aromatic rings. The van der Waals surface area contributed by atoms with Gasteiger partial charge in [-0.3, -0.25) is 4.79 Å². The van der Waals surface area contributed by atoms with Crippen LogP contribution in [0.3, 0.4) is 0 Å². The van der Waals surface area contributed by atoms with Crippen LogP contribution in [0.5, 0.6) is 17.2 Å². The summed E-state index contributed by atoms with van der Waals surface area (Å²) in [5, 5.41) is 13.8. The van der Waals surface area contributed by atoms with Gasteiger partial charge in [-0.2, -0.15) is 0 Å². The number of piperidine rings is 1. The second-order valence-corrected chi connectivity index (χ2v) is 8.38. The van der Waals surface area contributed by atoms with Gasteiger partial charge in [-0.1, -0.05) is 6.07 Å². The van der Waals surface area contributed by atoms with Crippen LogP contribution in [0, 0.1) is 6.92 Å². The maximum absolute atomic E-state index is 13.0. The molecule has 1 saturated heterocycles. The smallest absolute Gasteiger partial charge is 0.253 e. The number of rotatable bonds is 7. The van der Waals surface area contributed by atoms with Gasteiger partial charge >= 0.3 is 0 Å². The minimum Gasteiger partial charge on any atom is -0.508 e. The van der Waals surface area contributed by atoms with E-state index < -0.39 is 0 Å². The number of phenolic OH excluding ortho intramolecular Hbond substituents is 1. The highest BCUT2D eigenvalue weighted by atomic mass is 35.5. The number of H-pyrrole nitrogens is 1. The van der Waals surface area contributed by atoms with Gasteiger partial charge in [0.25, 0.3) is 5.91 Å². The molecule has 1 amide bonds. The fourth-order valence-corrected chi connectivity index (χ4v) is 4.49. The van der Waals surface area contributed by atoms with Gasteiger partial charge in [0.05, 0.1) is 19.8 Å². The Morgan fingerprint density at radius 2 is 1.85 bits per heavy atom. The summed E-state index contributed by atoms with van der Waals surface area (Å²) < 4.78 is 10.7. The Kier molecular flexibility index (Phi) is 8.10. The average molecular weight is 474 g/mol. The lowest BCUT2D eigenvalue weighted by atomic mass is 10.0. The topological polar surface area (TPSA) is 86.8 Å². The summed E-state index contributed by atoms with van der Waals surface area (Å²) in [6, 6.07) is 11.3. The molecule has 0 radical (unpaired) electrons. The third kappa shape index (κ3) is 5.54. The molecule has 0 spiro atoms. The van der Waals surface area contributed by atoms with Crippen molar-refractivity contribution in [2.45, 2.75) is 32.2 Å². The molecule has 0 bridgehead atoms. The summed E-state index contributed by atoms with van der Waals surface area (Å²) in [6.07, 6.45) is 2.78. The molecule has 0 atom stereocenters. The van der Waals surface area contributed by atoms with Crippen molar-refractivity contribution in [1.82, 2.24) is 15.2 Å². The molecule has 1 fully saturated rings. The monoisotopic (exact) mass is 473 g/mol. The second-order valence-electron chi connectivity index (χ2n) is 8.38. The number of likely N-dealkylation sites (tertiary alicyclic amines) is 1. The number of amides is 1. The largest absolute Gasteiger partial charge is 0.508 e. The lowest BCUT2D eigenvalue weighted by Crippen LogP contribution is -2.45. The quantitative estimate of drug-likeness (QED) is 0.481. The van der Waals surface area contributed by atoms with Gasteiger partial charge in [0.15, 0.2) is 11.5 Å². The summed E-state index contributed by atoms with van der Waals surface area (Å²) in [4.78, 5) is 18.6. The van der Waals surface area contributed by atoms with E-state index in [9.17, 15) is 9.90 Å². The zero-order chi connectivity index (χ0) is 22.7. The summed E-state index contributed by atoms with van der Waals surface area (Å²) in [6.45, 7) is 4.76. The number of aryl methyl sites for hydroxylation is 1. The van der Waals surface area contributed by atoms with Crippen LogP contribution >= 0.6 is 12.4 Å². The Bertz CT molecular complexity index is 1110. The van der Waals surface area contributed by atoms with Crippen LogP contribution in [-0.4, -0.2) is 60.8 Å². The fourth-order valence-electron chi connectivity index (χ4n) is 4.49. The molecule has 2 aromatic carbocycles. The molecule has 0 saturated carbocycles. The van der Waals surface area contributed by atoms with E-state index in [1.807, 2.05) is 19.1 Å². The Labute approximate surface area is 200 Å². The molecule has 1 aliphatic heterocycles. The fraction of sp³-hybridized carbons (Fsp3) is 0.400. The van der Waals surface area contributed by atoms with Crippen LogP contribution in [0.15, 0.2) is 36.4 Å². The van der Waals surface area contributed by atoms with Crippen molar-refractivity contribution in [2.24, 2.45) is 0 Å². The number of benzene rings is 2. The number of aromatic hydroxyl groups is 1. The molecular weight excluding hydrogens is 442 g/mol. The lowest BCUT2D eigenvalue weighted by molar-refractivity contribution is 0.0912. The highest BCUT2D eigenvalue weighted by Gasteiger charge is 2.23. The molecule has 4 rings (SSSR count). The van der Waals surface area contributed by atoms with E-state index in [0.29, 0.717) is 5.56 Å². The number of hydrogen-bond acceptors (Lipinski definition) is 5. The Morgan fingerprint density at radius 3 is 2.55 bits per heavy atom. The van der Waals surface area contributed by atoms with Crippen molar-refractivity contribution in [3.05, 3.63) is 53.2 Å². The molecule has 3 N–H and O–H groups in total. The number of methoxy groups -OCH3 is 2. The Balaban J connectivity index is 0.00000306. The van der Waals surface area contributed by atoms with E-state index in [0.717, 1.165) is 67.0 Å². The van der Waals surface area contributed by atoms with Crippen LogP contribution in [0.4, 0.5) is 0 Å². The molecule has 178 valence electrons. The number of aromatic amines is 1. The first kappa shape index (κ1) is 24.7. The number of hydrogen-bond donors (Lipinski definition) is 3. The number of fused-ring (bicyclic) bond motifs is 1. The van der Waals surface area contributed by atoms with Crippen LogP contribution in [-0.2, 0) is 6.42 Å². The van der Waals surface area contributed by atoms with Crippen molar-refractivity contribution >= 4 is 29.2 Å². The molecule has 2 heterocycles. The number of phenols is 1. The standard InChI is InChI=1S/C25H31N3O4.ClH/c1-16-24(20-15-19(29)5-6-21(20)26-16)25(30)27-18-9-12-28(13-10-18)11-8-17-4-7-22(31-2)23(14-17)32-3;/h4-7,14-15,18,26,29H,8-13H2,1-3H3,(H,27,30);1H. The SMILES string of the molecule is COc1ccc(CCN2CCC(NC(=O)c3c(C)[nH]c4ccc(O)cc34)CC2)cc1OC.Cl. The first-order valence-electron chi connectivity index (χ1n) is 11.0. The number of ether oxygens (including phenoxy) is 2. The number of carbonyl (C=O) groups excluding carboxylic acids is 1. The molecule has 1 aromatic heterocycles. The highest BCUT2D eigenvalue weighted by molar-refractivity contribution is 6.08. The Morgan fingerprint density at radius 1 is 1.12 bits per heavy atom. The van der Waals surface area contributed by atoms with Crippen molar-refractivity contribution in [2.75, 3.05) is 33.9 Å². The predicted molar refractivity (Wildman–Crippen MR) is 132 cm³/mol. The number of carbonyl (C=O) groups is 1. The number of aromatic nitrogens is 1. The molecule has 0 unspecified atom stereocenters. The average Bonchev–Trinajstić information content (AvgIpc) is 3.13. The summed E-state index contributed by atoms with van der Waals surface area (Å²) in [5.74, 6) is 1.58. The van der Waals surface area contributed by atoms with Crippen molar-refractivity contribution < 1.29 is 19.4 Å². The Hall–Kier alpha value is -2.90. The first-order chi connectivity index (χ1) is 15.5. The molecular formula is C25H32ClN3O4. The molecule has 7 nitrogen and oxygen atoms in total. The van der Waals surface area contributed by atoms with Crippen LogP contribution in [0.25, 0.3) is 10.9 Å². The van der Waals surface area contributed by atoms with Gasteiger partial charge in [-0.25, -0.2) is 0 Å².